The highest BCUT2D eigenvalue weighted by Crippen LogP contribution is 2.32. The van der Waals surface area contributed by atoms with Crippen molar-refractivity contribution in [1.82, 2.24) is 10.2 Å². The lowest BCUT2D eigenvalue weighted by Crippen LogP contribution is -2.52. The zero-order valence-electron chi connectivity index (χ0n) is 14.8. The van der Waals surface area contributed by atoms with Gasteiger partial charge in [-0.2, -0.15) is 0 Å². The first-order valence-corrected chi connectivity index (χ1v) is 8.76. The summed E-state index contributed by atoms with van der Waals surface area (Å²) < 4.78 is 5.20. The zero-order valence-corrected chi connectivity index (χ0v) is 14.8. The van der Waals surface area contributed by atoms with Crippen LogP contribution in [0, 0.1) is 0 Å². The highest BCUT2D eigenvalue weighted by Gasteiger charge is 2.39. The van der Waals surface area contributed by atoms with Gasteiger partial charge < -0.3 is 15.0 Å². The number of benzene rings is 1. The molecule has 142 valence electrons. The Morgan fingerprint density at radius 3 is 2.93 bits per heavy atom. The molecule has 1 aromatic carbocycles. The fourth-order valence-corrected chi connectivity index (χ4v) is 3.25. The minimum Gasteiger partial charge on any atom is -0.377 e. The second-order valence-electron chi connectivity index (χ2n) is 6.39. The van der Waals surface area contributed by atoms with Crippen LogP contribution in [-0.4, -0.2) is 47.8 Å². The van der Waals surface area contributed by atoms with Crippen molar-refractivity contribution in [1.29, 1.82) is 0 Å². The van der Waals surface area contributed by atoms with E-state index in [0.717, 1.165) is 0 Å². The van der Waals surface area contributed by atoms with Gasteiger partial charge in [-0.05, 0) is 18.6 Å². The molecule has 0 bridgehead atoms. The van der Waals surface area contributed by atoms with Gasteiger partial charge in [0.25, 0.3) is 5.91 Å². The van der Waals surface area contributed by atoms with Crippen LogP contribution in [0.15, 0.2) is 30.9 Å². The molecule has 2 aliphatic rings. The van der Waals surface area contributed by atoms with E-state index in [1.165, 1.54) is 4.90 Å². The Morgan fingerprint density at radius 1 is 1.37 bits per heavy atom. The van der Waals surface area contributed by atoms with E-state index in [2.05, 4.69) is 17.2 Å². The van der Waals surface area contributed by atoms with Gasteiger partial charge in [0.1, 0.15) is 6.04 Å². The average Bonchev–Trinajstić information content (AvgIpc) is 2.97. The van der Waals surface area contributed by atoms with Crippen LogP contribution >= 0.6 is 0 Å². The van der Waals surface area contributed by atoms with Crippen molar-refractivity contribution in [3.8, 4) is 0 Å². The van der Waals surface area contributed by atoms with Crippen LogP contribution in [0.4, 0.5) is 5.69 Å². The first-order chi connectivity index (χ1) is 13.0. The van der Waals surface area contributed by atoms with E-state index in [4.69, 9.17) is 4.74 Å². The molecule has 3 rings (SSSR count). The quantitative estimate of drug-likeness (QED) is 0.422. The number of anilines is 1. The van der Waals surface area contributed by atoms with Crippen molar-refractivity contribution in [2.75, 3.05) is 18.5 Å². The van der Waals surface area contributed by atoms with E-state index in [1.54, 1.807) is 24.3 Å². The normalized spacial score (nSPS) is 18.9. The summed E-state index contributed by atoms with van der Waals surface area (Å²) in [5.74, 6) is -1.28. The summed E-state index contributed by atoms with van der Waals surface area (Å²) in [6, 6.07) is 4.40. The van der Waals surface area contributed by atoms with E-state index in [9.17, 15) is 19.2 Å². The minimum absolute atomic E-state index is 0.183. The van der Waals surface area contributed by atoms with Crippen LogP contribution in [0.25, 0.3) is 0 Å². The molecule has 1 aromatic rings. The summed E-state index contributed by atoms with van der Waals surface area (Å²) in [5.41, 5.74) is 1.68. The van der Waals surface area contributed by atoms with Gasteiger partial charge in [-0.3, -0.25) is 24.5 Å². The molecule has 0 saturated carbocycles. The highest BCUT2D eigenvalue weighted by molar-refractivity contribution is 6.06. The number of nitrogens with zero attached hydrogens (tertiary/aromatic N) is 1. The van der Waals surface area contributed by atoms with Crippen molar-refractivity contribution in [2.45, 2.75) is 31.8 Å². The lowest BCUT2D eigenvalue weighted by Gasteiger charge is -2.29. The number of imide groups is 1. The Labute approximate surface area is 156 Å². The molecule has 1 saturated heterocycles. The third-order valence-electron chi connectivity index (χ3n) is 4.57. The molecule has 1 unspecified atom stereocenters. The van der Waals surface area contributed by atoms with E-state index in [0.29, 0.717) is 29.8 Å². The standard InChI is InChI=1S/C19H21N3O5/c1-2-9-27-10-8-17(24)20-14-5-3-4-12-13(14)11-22(19(12)26)15-6-7-16(23)21-18(15)25/h2-5,15H,1,6-11H2,(H,20,24)(H,21,23,25). The Kier molecular flexibility index (Phi) is 5.66. The van der Waals surface area contributed by atoms with E-state index < -0.39 is 11.9 Å². The number of carbonyl (C=O) groups excluding carboxylic acids is 4. The minimum atomic E-state index is -0.682. The van der Waals surface area contributed by atoms with Crippen molar-refractivity contribution in [3.05, 3.63) is 42.0 Å². The Bertz CT molecular complexity index is 805. The van der Waals surface area contributed by atoms with Crippen LogP contribution in [0.5, 0.6) is 0 Å². The van der Waals surface area contributed by atoms with Crippen LogP contribution in [-0.2, 0) is 25.7 Å². The van der Waals surface area contributed by atoms with Crippen molar-refractivity contribution >= 4 is 29.3 Å². The maximum atomic E-state index is 12.7. The molecular weight excluding hydrogens is 350 g/mol. The third kappa shape index (κ3) is 4.06. The van der Waals surface area contributed by atoms with Crippen LogP contribution in [0.2, 0.25) is 0 Å². The number of hydrogen-bond acceptors (Lipinski definition) is 5. The number of ether oxygens (including phenoxy) is 1. The highest BCUT2D eigenvalue weighted by atomic mass is 16.5. The fraction of sp³-hybridized carbons (Fsp3) is 0.368. The maximum Gasteiger partial charge on any atom is 0.255 e. The predicted octanol–water partition coefficient (Wildman–Crippen LogP) is 0.979. The number of amides is 4. The Morgan fingerprint density at radius 2 is 2.19 bits per heavy atom. The first kappa shape index (κ1) is 18.8. The lowest BCUT2D eigenvalue weighted by molar-refractivity contribution is -0.137. The zero-order chi connectivity index (χ0) is 19.4. The summed E-state index contributed by atoms with van der Waals surface area (Å²) in [4.78, 5) is 49.7. The van der Waals surface area contributed by atoms with E-state index in [1.807, 2.05) is 0 Å². The fourth-order valence-electron chi connectivity index (χ4n) is 3.25. The number of hydrogen-bond donors (Lipinski definition) is 2. The molecule has 0 radical (unpaired) electrons. The summed E-state index contributed by atoms with van der Waals surface area (Å²) >= 11 is 0. The number of nitrogens with one attached hydrogen (secondary N) is 2. The largest absolute Gasteiger partial charge is 0.377 e. The topological polar surface area (TPSA) is 105 Å². The molecule has 2 heterocycles. The van der Waals surface area contributed by atoms with Crippen molar-refractivity contribution < 1.29 is 23.9 Å². The number of fused-ring (bicyclic) bond motifs is 1. The van der Waals surface area contributed by atoms with Gasteiger partial charge in [0, 0.05) is 29.8 Å². The van der Waals surface area contributed by atoms with Crippen LogP contribution in [0.1, 0.15) is 35.2 Å². The van der Waals surface area contributed by atoms with Crippen molar-refractivity contribution in [3.63, 3.8) is 0 Å². The molecule has 0 spiro atoms. The van der Waals surface area contributed by atoms with E-state index in [-0.39, 0.29) is 43.7 Å². The van der Waals surface area contributed by atoms with Gasteiger partial charge in [0.05, 0.1) is 19.6 Å². The maximum absolute atomic E-state index is 12.7. The monoisotopic (exact) mass is 371 g/mol. The predicted molar refractivity (Wildman–Crippen MR) is 96.7 cm³/mol. The molecule has 2 N–H and O–H groups in total. The number of piperidine rings is 1. The summed E-state index contributed by atoms with van der Waals surface area (Å²) in [7, 11) is 0. The van der Waals surface area contributed by atoms with Gasteiger partial charge in [0.2, 0.25) is 17.7 Å². The van der Waals surface area contributed by atoms with Gasteiger partial charge in [-0.1, -0.05) is 12.1 Å². The summed E-state index contributed by atoms with van der Waals surface area (Å²) in [6.45, 7) is 4.40. The average molecular weight is 371 g/mol. The van der Waals surface area contributed by atoms with Gasteiger partial charge in [0.15, 0.2) is 0 Å². The van der Waals surface area contributed by atoms with Crippen molar-refractivity contribution in [2.24, 2.45) is 0 Å². The van der Waals surface area contributed by atoms with Gasteiger partial charge >= 0.3 is 0 Å². The SMILES string of the molecule is C=CCOCCC(=O)Nc1cccc2c1CN(C1CCC(=O)NC1=O)C2=O. The molecule has 4 amide bonds. The second kappa shape index (κ2) is 8.13. The molecule has 8 heteroatoms. The molecule has 27 heavy (non-hydrogen) atoms. The Balaban J connectivity index is 1.70. The van der Waals surface area contributed by atoms with Gasteiger partial charge in [-0.25, -0.2) is 0 Å². The Hall–Kier alpha value is -3.00. The molecule has 1 fully saturated rings. The van der Waals surface area contributed by atoms with Gasteiger partial charge in [-0.15, -0.1) is 6.58 Å². The molecule has 2 aliphatic heterocycles. The molecule has 8 nitrogen and oxygen atoms in total. The third-order valence-corrected chi connectivity index (χ3v) is 4.57. The molecular formula is C19H21N3O5. The summed E-state index contributed by atoms with van der Waals surface area (Å²) in [6.07, 6.45) is 2.29. The first-order valence-electron chi connectivity index (χ1n) is 8.76. The summed E-state index contributed by atoms with van der Waals surface area (Å²) in [5, 5.41) is 5.07. The van der Waals surface area contributed by atoms with E-state index >= 15 is 0 Å². The number of rotatable bonds is 7. The van der Waals surface area contributed by atoms with Crippen LogP contribution in [0.3, 0.4) is 0 Å². The smallest absolute Gasteiger partial charge is 0.255 e. The lowest BCUT2D eigenvalue weighted by atomic mass is 10.0. The van der Waals surface area contributed by atoms with Crippen LogP contribution < -0.4 is 10.6 Å². The number of carbonyl (C=O) groups is 4. The molecule has 0 aliphatic carbocycles. The second-order valence-corrected chi connectivity index (χ2v) is 6.39. The molecule has 0 aromatic heterocycles. The molecule has 1 atom stereocenters.